The van der Waals surface area contributed by atoms with Crippen molar-refractivity contribution in [2.75, 3.05) is 6.26 Å². The molecule has 1 aliphatic rings. The minimum atomic E-state index is -0.364. The van der Waals surface area contributed by atoms with Crippen molar-refractivity contribution in [2.24, 2.45) is 0 Å². The topological polar surface area (TPSA) is 55.2 Å². The van der Waals surface area contributed by atoms with Crippen LogP contribution in [0.4, 0.5) is 5.69 Å². The second-order valence-corrected chi connectivity index (χ2v) is 5.81. The third-order valence-corrected chi connectivity index (χ3v) is 4.55. The van der Waals surface area contributed by atoms with Crippen molar-refractivity contribution >= 4 is 17.4 Å². The lowest BCUT2D eigenvalue weighted by Gasteiger charge is -2.12. The Hall–Kier alpha value is -1.07. The van der Waals surface area contributed by atoms with Gasteiger partial charge in [0.05, 0.1) is 4.92 Å². The molecule has 1 aromatic rings. The van der Waals surface area contributed by atoms with Gasteiger partial charge in [0, 0.05) is 30.0 Å². The molecule has 4 nitrogen and oxygen atoms in total. The molecule has 0 aliphatic heterocycles. The molecular weight excluding hydrogens is 248 g/mol. The second-order valence-electron chi connectivity index (χ2n) is 4.67. The average molecular weight is 266 g/mol. The highest BCUT2D eigenvalue weighted by Gasteiger charge is 2.23. The molecule has 0 aromatic heterocycles. The van der Waals surface area contributed by atoms with Crippen LogP contribution >= 0.6 is 11.8 Å². The summed E-state index contributed by atoms with van der Waals surface area (Å²) in [6.45, 7) is 0.795. The summed E-state index contributed by atoms with van der Waals surface area (Å²) in [5.41, 5.74) is 1.26. The van der Waals surface area contributed by atoms with E-state index >= 15 is 0 Å². The van der Waals surface area contributed by atoms with Gasteiger partial charge in [0.2, 0.25) is 0 Å². The van der Waals surface area contributed by atoms with Crippen molar-refractivity contribution in [1.29, 1.82) is 0 Å². The molecule has 5 heteroatoms. The van der Waals surface area contributed by atoms with Gasteiger partial charge in [-0.3, -0.25) is 10.1 Å². The van der Waals surface area contributed by atoms with Crippen LogP contribution in [0.25, 0.3) is 0 Å². The molecule has 1 fully saturated rings. The number of non-ortho nitro benzene ring substituents is 1. The fourth-order valence-corrected chi connectivity index (χ4v) is 3.13. The largest absolute Gasteiger partial charge is 0.310 e. The van der Waals surface area contributed by atoms with E-state index in [9.17, 15) is 10.1 Å². The van der Waals surface area contributed by atoms with Gasteiger partial charge in [0.1, 0.15) is 0 Å². The summed E-state index contributed by atoms with van der Waals surface area (Å²) in [6.07, 6.45) is 5.93. The van der Waals surface area contributed by atoms with Gasteiger partial charge in [-0.25, -0.2) is 0 Å². The zero-order valence-electron chi connectivity index (χ0n) is 10.5. The maximum Gasteiger partial charge on any atom is 0.269 e. The summed E-state index contributed by atoms with van der Waals surface area (Å²) in [4.78, 5) is 10.2. The Balaban J connectivity index is 1.82. The summed E-state index contributed by atoms with van der Waals surface area (Å²) in [5.74, 6) is 0. The van der Waals surface area contributed by atoms with Crippen molar-refractivity contribution in [3.63, 3.8) is 0 Å². The van der Waals surface area contributed by atoms with E-state index in [4.69, 9.17) is 0 Å². The molecule has 2 atom stereocenters. The van der Waals surface area contributed by atoms with Crippen LogP contribution in [0.2, 0.25) is 0 Å². The van der Waals surface area contributed by atoms with Crippen LogP contribution in [-0.4, -0.2) is 22.5 Å². The minimum absolute atomic E-state index is 0.155. The summed E-state index contributed by atoms with van der Waals surface area (Å²) in [5, 5.41) is 14.9. The molecule has 0 radical (unpaired) electrons. The molecule has 1 saturated carbocycles. The van der Waals surface area contributed by atoms with Gasteiger partial charge in [-0.15, -0.1) is 0 Å². The van der Waals surface area contributed by atoms with Crippen LogP contribution in [0, 0.1) is 10.1 Å². The highest BCUT2D eigenvalue weighted by molar-refractivity contribution is 7.99. The highest BCUT2D eigenvalue weighted by atomic mass is 32.2. The Morgan fingerprint density at radius 3 is 2.67 bits per heavy atom. The summed E-state index contributed by atoms with van der Waals surface area (Å²) in [6, 6.07) is 7.38. The number of rotatable bonds is 5. The lowest BCUT2D eigenvalue weighted by molar-refractivity contribution is -0.384. The Kier molecular flexibility index (Phi) is 4.60. The molecule has 2 unspecified atom stereocenters. The number of nitrogens with one attached hydrogen (secondary N) is 1. The van der Waals surface area contributed by atoms with E-state index in [-0.39, 0.29) is 10.6 Å². The maximum absolute atomic E-state index is 10.5. The van der Waals surface area contributed by atoms with Crippen LogP contribution in [0.15, 0.2) is 24.3 Å². The van der Waals surface area contributed by atoms with Crippen molar-refractivity contribution in [1.82, 2.24) is 5.32 Å². The smallest absolute Gasteiger partial charge is 0.269 e. The van der Waals surface area contributed by atoms with E-state index in [2.05, 4.69) is 11.6 Å². The van der Waals surface area contributed by atoms with Crippen LogP contribution < -0.4 is 5.32 Å². The Morgan fingerprint density at radius 1 is 1.39 bits per heavy atom. The fraction of sp³-hybridized carbons (Fsp3) is 0.538. The molecule has 0 saturated heterocycles. The lowest BCUT2D eigenvalue weighted by Crippen LogP contribution is -2.26. The third-order valence-electron chi connectivity index (χ3n) is 3.46. The van der Waals surface area contributed by atoms with E-state index in [1.165, 1.54) is 19.3 Å². The summed E-state index contributed by atoms with van der Waals surface area (Å²) < 4.78 is 0. The molecule has 2 rings (SSSR count). The molecule has 1 aliphatic carbocycles. The maximum atomic E-state index is 10.5. The average Bonchev–Trinajstić information content (AvgIpc) is 2.85. The quantitative estimate of drug-likeness (QED) is 0.657. The third kappa shape index (κ3) is 3.46. The molecule has 0 heterocycles. The van der Waals surface area contributed by atoms with Crippen LogP contribution in [0.3, 0.4) is 0 Å². The first-order valence-corrected chi connectivity index (χ1v) is 7.47. The van der Waals surface area contributed by atoms with E-state index in [1.54, 1.807) is 12.1 Å². The van der Waals surface area contributed by atoms with E-state index in [0.717, 1.165) is 17.4 Å². The van der Waals surface area contributed by atoms with Gasteiger partial charge < -0.3 is 5.32 Å². The first-order chi connectivity index (χ1) is 8.69. The van der Waals surface area contributed by atoms with E-state index < -0.39 is 0 Å². The van der Waals surface area contributed by atoms with Crippen molar-refractivity contribution in [2.45, 2.75) is 37.1 Å². The lowest BCUT2D eigenvalue weighted by atomic mass is 10.2. The Bertz CT molecular complexity index is 408. The van der Waals surface area contributed by atoms with Crippen LogP contribution in [0.5, 0.6) is 0 Å². The second kappa shape index (κ2) is 6.20. The first kappa shape index (κ1) is 13.4. The normalized spacial score (nSPS) is 23.2. The molecule has 0 bridgehead atoms. The standard InChI is InChI=1S/C13H18N2O2S/c1-18-13-7-4-11(8-13)14-9-10-2-5-12(6-3-10)15(16)17/h2-3,5-6,11,13-14H,4,7-9H2,1H3. The van der Waals surface area contributed by atoms with Gasteiger partial charge >= 0.3 is 0 Å². The Morgan fingerprint density at radius 2 is 2.11 bits per heavy atom. The molecule has 1 aromatic carbocycles. The monoisotopic (exact) mass is 266 g/mol. The summed E-state index contributed by atoms with van der Waals surface area (Å²) >= 11 is 1.95. The SMILES string of the molecule is CSC1CCC(NCc2ccc([N+](=O)[O-])cc2)C1. The zero-order valence-corrected chi connectivity index (χ0v) is 11.3. The Labute approximate surface area is 111 Å². The van der Waals surface area contributed by atoms with Gasteiger partial charge in [-0.2, -0.15) is 11.8 Å². The molecule has 18 heavy (non-hydrogen) atoms. The van der Waals surface area contributed by atoms with Gasteiger partial charge in [0.25, 0.3) is 5.69 Å². The van der Waals surface area contributed by atoms with Crippen LogP contribution in [-0.2, 0) is 6.54 Å². The van der Waals surface area contributed by atoms with Crippen LogP contribution in [0.1, 0.15) is 24.8 Å². The molecule has 1 N–H and O–H groups in total. The van der Waals surface area contributed by atoms with Gasteiger partial charge in [0.15, 0.2) is 0 Å². The minimum Gasteiger partial charge on any atom is -0.310 e. The van der Waals surface area contributed by atoms with Crippen molar-refractivity contribution in [3.8, 4) is 0 Å². The fourth-order valence-electron chi connectivity index (χ4n) is 2.34. The number of nitrogens with zero attached hydrogens (tertiary/aromatic N) is 1. The number of hydrogen-bond donors (Lipinski definition) is 1. The first-order valence-electron chi connectivity index (χ1n) is 6.18. The number of nitro groups is 1. The van der Waals surface area contributed by atoms with Gasteiger partial charge in [-0.1, -0.05) is 12.1 Å². The predicted molar refractivity (Wildman–Crippen MR) is 74.9 cm³/mol. The highest BCUT2D eigenvalue weighted by Crippen LogP contribution is 2.28. The zero-order chi connectivity index (χ0) is 13.0. The van der Waals surface area contributed by atoms with Crippen molar-refractivity contribution < 1.29 is 4.92 Å². The summed E-state index contributed by atoms with van der Waals surface area (Å²) in [7, 11) is 0. The van der Waals surface area contributed by atoms with Gasteiger partial charge in [-0.05, 0) is 31.1 Å². The number of thioether (sulfide) groups is 1. The number of nitro benzene ring substituents is 1. The van der Waals surface area contributed by atoms with E-state index in [1.807, 2.05) is 23.9 Å². The molecule has 98 valence electrons. The predicted octanol–water partition coefficient (Wildman–Crippen LogP) is 2.97. The molecule has 0 spiro atoms. The number of benzene rings is 1. The molecular formula is C13H18N2O2S. The number of hydrogen-bond acceptors (Lipinski definition) is 4. The van der Waals surface area contributed by atoms with E-state index in [0.29, 0.717) is 6.04 Å². The van der Waals surface area contributed by atoms with Crippen molar-refractivity contribution in [3.05, 3.63) is 39.9 Å². The molecule has 0 amide bonds.